The molecule has 0 heterocycles. The van der Waals surface area contributed by atoms with Crippen LogP contribution in [0.1, 0.15) is 6.92 Å². The second-order valence-electron chi connectivity index (χ2n) is 4.34. The zero-order valence-corrected chi connectivity index (χ0v) is 11.5. The van der Waals surface area contributed by atoms with Gasteiger partial charge in [-0.2, -0.15) is 0 Å². The van der Waals surface area contributed by atoms with Crippen molar-refractivity contribution in [2.75, 3.05) is 13.2 Å². The average Bonchev–Trinajstić information content (AvgIpc) is 2.50. The third kappa shape index (κ3) is 9.03. The fourth-order valence-corrected chi connectivity index (χ4v) is 1.04. The molecule has 10 nitrogen and oxygen atoms in total. The first-order valence-electron chi connectivity index (χ1n) is 6.07. The molecule has 0 aliphatic carbocycles. The zero-order chi connectivity index (χ0) is 17.2. The normalized spacial score (nSPS) is 21.0. The lowest BCUT2D eigenvalue weighted by molar-refractivity contribution is -0.132. The summed E-state index contributed by atoms with van der Waals surface area (Å²) in [5, 5.41) is 77.7. The fourth-order valence-electron chi connectivity index (χ4n) is 1.04. The second-order valence-corrected chi connectivity index (χ2v) is 4.34. The Kier molecular flexibility index (Phi) is 12.8. The molecule has 0 rings (SSSR count). The average molecular weight is 316 g/mol. The monoisotopic (exact) mass is 316 g/mol. The molecule has 0 amide bonds. The van der Waals surface area contributed by atoms with Crippen molar-refractivity contribution in [1.82, 2.24) is 0 Å². The van der Waals surface area contributed by atoms with Crippen LogP contribution in [0.5, 0.6) is 0 Å². The van der Waals surface area contributed by atoms with Crippen molar-refractivity contribution in [3.05, 3.63) is 0 Å². The van der Waals surface area contributed by atoms with Gasteiger partial charge in [-0.25, -0.2) is 0 Å². The van der Waals surface area contributed by atoms with Gasteiger partial charge in [0.15, 0.2) is 6.29 Å². The van der Waals surface area contributed by atoms with Crippen molar-refractivity contribution in [3.8, 4) is 0 Å². The fraction of sp³-hybridized carbons (Fsp3) is 0.909. The van der Waals surface area contributed by atoms with E-state index in [0.29, 0.717) is 0 Å². The molecular weight excluding hydrogens is 292 g/mol. The molecule has 128 valence electrons. The van der Waals surface area contributed by atoms with E-state index in [1.807, 2.05) is 0 Å². The van der Waals surface area contributed by atoms with Crippen LogP contribution in [0, 0.1) is 0 Å². The van der Waals surface area contributed by atoms with Crippen LogP contribution < -0.4 is 0 Å². The molecule has 0 radical (unpaired) electrons. The number of carbonyl (C=O) groups is 1. The van der Waals surface area contributed by atoms with E-state index in [9.17, 15) is 4.79 Å². The third-order valence-electron chi connectivity index (χ3n) is 2.50. The molecule has 0 aromatic heterocycles. The molecular formula is C11H24O10. The minimum atomic E-state index is -1.65. The molecule has 10 heteroatoms. The number of hydrogen-bond acceptors (Lipinski definition) is 10. The summed E-state index contributed by atoms with van der Waals surface area (Å²) in [5.41, 5.74) is 0. The number of carbonyl (C=O) groups excluding carboxylic acids is 1. The highest BCUT2D eigenvalue weighted by Gasteiger charge is 2.27. The maximum Gasteiger partial charge on any atom is 0.151 e. The van der Waals surface area contributed by atoms with Crippen LogP contribution >= 0.6 is 0 Å². The Hall–Kier alpha value is -0.690. The van der Waals surface area contributed by atoms with Crippen molar-refractivity contribution in [1.29, 1.82) is 0 Å². The summed E-state index contributed by atoms with van der Waals surface area (Å²) in [6.45, 7) is -0.0398. The molecule has 0 aromatic rings. The van der Waals surface area contributed by atoms with Gasteiger partial charge in [-0.15, -0.1) is 0 Å². The summed E-state index contributed by atoms with van der Waals surface area (Å²) in [4.78, 5) is 9.87. The lowest BCUT2D eigenvalue weighted by atomic mass is 10.1. The first-order chi connectivity index (χ1) is 9.63. The van der Waals surface area contributed by atoms with E-state index in [4.69, 9.17) is 46.0 Å². The molecule has 0 bridgehead atoms. The highest BCUT2D eigenvalue weighted by atomic mass is 16.4. The van der Waals surface area contributed by atoms with E-state index in [1.165, 1.54) is 6.92 Å². The van der Waals surface area contributed by atoms with Crippen molar-refractivity contribution in [2.45, 2.75) is 49.7 Å². The molecule has 21 heavy (non-hydrogen) atoms. The minimum absolute atomic E-state index is 0.0935. The van der Waals surface area contributed by atoms with Gasteiger partial charge in [0.2, 0.25) is 0 Å². The summed E-state index contributed by atoms with van der Waals surface area (Å²) < 4.78 is 0. The van der Waals surface area contributed by atoms with Crippen LogP contribution in [0.3, 0.4) is 0 Å². The Morgan fingerprint density at radius 2 is 1.14 bits per heavy atom. The SMILES string of the molecule is CC(O)C(O)C(O)C(O)C=O.OCC(O)C(O)C(O)CO. The zero-order valence-electron chi connectivity index (χ0n) is 11.5. The molecule has 0 fully saturated rings. The molecule has 0 saturated carbocycles. The smallest absolute Gasteiger partial charge is 0.151 e. The largest absolute Gasteiger partial charge is 0.394 e. The van der Waals surface area contributed by atoms with Crippen molar-refractivity contribution >= 4 is 6.29 Å². The highest BCUT2D eigenvalue weighted by molar-refractivity contribution is 5.56. The minimum Gasteiger partial charge on any atom is -0.394 e. The maximum absolute atomic E-state index is 9.87. The summed E-state index contributed by atoms with van der Waals surface area (Å²) in [7, 11) is 0. The van der Waals surface area contributed by atoms with Gasteiger partial charge >= 0.3 is 0 Å². The summed E-state index contributed by atoms with van der Waals surface area (Å²) in [5.74, 6) is 0. The predicted octanol–water partition coefficient (Wildman–Crippen LogP) is -5.30. The van der Waals surface area contributed by atoms with Gasteiger partial charge < -0.3 is 50.8 Å². The molecule has 0 aliphatic heterocycles. The van der Waals surface area contributed by atoms with E-state index in [1.54, 1.807) is 0 Å². The Labute approximate surface area is 121 Å². The number of hydrogen-bond donors (Lipinski definition) is 9. The Bertz CT molecular complexity index is 251. The molecule has 0 aliphatic rings. The molecule has 0 aromatic carbocycles. The van der Waals surface area contributed by atoms with Crippen LogP contribution in [0.25, 0.3) is 0 Å². The summed E-state index contributed by atoms with van der Waals surface area (Å²) in [6.07, 6.45) is -10.2. The Morgan fingerprint density at radius 3 is 1.38 bits per heavy atom. The van der Waals surface area contributed by atoms with Gasteiger partial charge in [-0.05, 0) is 6.92 Å². The number of rotatable bonds is 8. The lowest BCUT2D eigenvalue weighted by Crippen LogP contribution is -2.43. The molecule has 6 unspecified atom stereocenters. The van der Waals surface area contributed by atoms with Crippen LogP contribution in [-0.2, 0) is 4.79 Å². The Morgan fingerprint density at radius 1 is 0.762 bits per heavy atom. The van der Waals surface area contributed by atoms with Gasteiger partial charge in [-0.1, -0.05) is 0 Å². The summed E-state index contributed by atoms with van der Waals surface area (Å²) in [6, 6.07) is 0. The predicted molar refractivity (Wildman–Crippen MR) is 68.0 cm³/mol. The molecule has 6 atom stereocenters. The van der Waals surface area contributed by atoms with E-state index >= 15 is 0 Å². The van der Waals surface area contributed by atoms with E-state index in [-0.39, 0.29) is 6.29 Å². The first-order valence-corrected chi connectivity index (χ1v) is 6.07. The highest BCUT2D eigenvalue weighted by Crippen LogP contribution is 2.02. The van der Waals surface area contributed by atoms with Crippen molar-refractivity contribution < 1.29 is 50.8 Å². The lowest BCUT2D eigenvalue weighted by Gasteiger charge is -2.21. The number of aliphatic hydroxyl groups is 9. The van der Waals surface area contributed by atoms with Crippen molar-refractivity contribution in [3.63, 3.8) is 0 Å². The van der Waals surface area contributed by atoms with E-state index < -0.39 is 55.9 Å². The van der Waals surface area contributed by atoms with Crippen LogP contribution in [0.4, 0.5) is 0 Å². The van der Waals surface area contributed by atoms with Gasteiger partial charge in [0.1, 0.15) is 36.6 Å². The van der Waals surface area contributed by atoms with Gasteiger partial charge in [0.25, 0.3) is 0 Å². The third-order valence-corrected chi connectivity index (χ3v) is 2.50. The van der Waals surface area contributed by atoms with Gasteiger partial charge in [-0.3, -0.25) is 0 Å². The van der Waals surface area contributed by atoms with Gasteiger partial charge in [0.05, 0.1) is 19.3 Å². The molecule has 0 saturated heterocycles. The molecule has 0 spiro atoms. The molecule has 9 N–H and O–H groups in total. The first kappa shape index (κ1) is 22.6. The van der Waals surface area contributed by atoms with E-state index in [0.717, 1.165) is 0 Å². The van der Waals surface area contributed by atoms with E-state index in [2.05, 4.69) is 0 Å². The number of aldehydes is 1. The van der Waals surface area contributed by atoms with Crippen molar-refractivity contribution in [2.24, 2.45) is 0 Å². The van der Waals surface area contributed by atoms with Crippen LogP contribution in [-0.4, -0.2) is 108 Å². The Balaban J connectivity index is 0. The van der Waals surface area contributed by atoms with Gasteiger partial charge in [0, 0.05) is 0 Å². The van der Waals surface area contributed by atoms with Crippen LogP contribution in [0.2, 0.25) is 0 Å². The quantitative estimate of drug-likeness (QED) is 0.195. The summed E-state index contributed by atoms with van der Waals surface area (Å²) >= 11 is 0. The standard InChI is InChI=1S/C6H12O5.C5H12O5/c1-3(8)5(10)6(11)4(9)2-7;6-1-3(8)5(10)4(9)2-7/h2-6,8-11H,1H3;3-10H,1-2H2. The topological polar surface area (TPSA) is 199 Å². The number of aliphatic hydroxyl groups excluding tert-OH is 9. The maximum atomic E-state index is 9.87. The van der Waals surface area contributed by atoms with Crippen LogP contribution in [0.15, 0.2) is 0 Å². The second kappa shape index (κ2) is 11.9.